The average molecular weight is 317 g/mol. The van der Waals surface area contributed by atoms with Crippen LogP contribution in [0.4, 0.5) is 13.2 Å². The summed E-state index contributed by atoms with van der Waals surface area (Å²) in [5.74, 6) is 0. The summed E-state index contributed by atoms with van der Waals surface area (Å²) in [4.78, 5) is -0.137. The summed E-state index contributed by atoms with van der Waals surface area (Å²) in [5.41, 5.74) is 0. The van der Waals surface area contributed by atoms with Gasteiger partial charge in [0, 0.05) is 12.7 Å². The second kappa shape index (κ2) is 7.02. The van der Waals surface area contributed by atoms with Crippen molar-refractivity contribution in [2.75, 3.05) is 26.4 Å². The van der Waals surface area contributed by atoms with Gasteiger partial charge in [-0.25, -0.2) is 13.1 Å². The number of halogens is 3. The summed E-state index contributed by atoms with van der Waals surface area (Å²) in [7, 11) is -3.85. The molecule has 0 radical (unpaired) electrons. The lowest BCUT2D eigenvalue weighted by Crippen LogP contribution is -2.28. The van der Waals surface area contributed by atoms with Gasteiger partial charge in [0.15, 0.2) is 0 Å². The van der Waals surface area contributed by atoms with E-state index in [0.717, 1.165) is 6.20 Å². The van der Waals surface area contributed by atoms with Crippen molar-refractivity contribution in [1.82, 2.24) is 14.5 Å². The van der Waals surface area contributed by atoms with Crippen LogP contribution < -0.4 is 4.72 Å². The molecule has 0 unspecified atom stereocenters. The number of alkyl halides is 3. The van der Waals surface area contributed by atoms with Gasteiger partial charge in [0.2, 0.25) is 10.0 Å². The van der Waals surface area contributed by atoms with Gasteiger partial charge in [0.25, 0.3) is 0 Å². The molecule has 0 bridgehead atoms. The van der Waals surface area contributed by atoms with Gasteiger partial charge in [-0.05, 0) is 0 Å². The van der Waals surface area contributed by atoms with Crippen LogP contribution in [0.2, 0.25) is 0 Å². The molecule has 2 N–H and O–H groups in total. The summed E-state index contributed by atoms with van der Waals surface area (Å²) in [6.45, 7) is -2.17. The molecule has 0 spiro atoms. The quantitative estimate of drug-likeness (QED) is 0.644. The Balaban J connectivity index is 2.41. The molecule has 0 aliphatic rings. The summed E-state index contributed by atoms with van der Waals surface area (Å²) in [6, 6.07) is 0. The number of nitrogens with one attached hydrogen (secondary N) is 1. The zero-order valence-corrected chi connectivity index (χ0v) is 11.1. The molecule has 0 fully saturated rings. The van der Waals surface area contributed by atoms with Crippen molar-refractivity contribution in [2.45, 2.75) is 17.6 Å². The highest BCUT2D eigenvalue weighted by atomic mass is 32.2. The Bertz CT molecular complexity index is 515. The van der Waals surface area contributed by atoms with E-state index >= 15 is 0 Å². The Kier molecular flexibility index (Phi) is 5.92. The second-order valence-electron chi connectivity index (χ2n) is 3.73. The van der Waals surface area contributed by atoms with Crippen LogP contribution in [0.1, 0.15) is 0 Å². The van der Waals surface area contributed by atoms with E-state index in [1.807, 2.05) is 0 Å². The first-order valence-corrected chi connectivity index (χ1v) is 7.00. The molecule has 0 aliphatic heterocycles. The molecule has 0 saturated heterocycles. The van der Waals surface area contributed by atoms with E-state index in [9.17, 15) is 21.6 Å². The number of ether oxygens (including phenoxy) is 1. The molecule has 116 valence electrons. The van der Waals surface area contributed by atoms with Crippen LogP contribution in [0.15, 0.2) is 17.3 Å². The van der Waals surface area contributed by atoms with E-state index in [2.05, 4.69) is 14.6 Å². The molecule has 11 heteroatoms. The van der Waals surface area contributed by atoms with Gasteiger partial charge in [-0.3, -0.25) is 4.68 Å². The van der Waals surface area contributed by atoms with E-state index in [0.29, 0.717) is 0 Å². The van der Waals surface area contributed by atoms with E-state index in [1.165, 1.54) is 10.9 Å². The van der Waals surface area contributed by atoms with Crippen molar-refractivity contribution in [3.05, 3.63) is 12.4 Å². The lowest BCUT2D eigenvalue weighted by molar-refractivity contribution is -0.173. The fourth-order valence-corrected chi connectivity index (χ4v) is 2.19. The first kappa shape index (κ1) is 16.9. The molecule has 1 rings (SSSR count). The minimum Gasteiger partial charge on any atom is -0.394 e. The van der Waals surface area contributed by atoms with Crippen molar-refractivity contribution in [1.29, 1.82) is 0 Å². The highest BCUT2D eigenvalue weighted by molar-refractivity contribution is 7.89. The average Bonchev–Trinajstić information content (AvgIpc) is 2.77. The molecule has 7 nitrogen and oxygen atoms in total. The highest BCUT2D eigenvalue weighted by Crippen LogP contribution is 2.14. The van der Waals surface area contributed by atoms with Crippen molar-refractivity contribution < 1.29 is 31.4 Å². The van der Waals surface area contributed by atoms with Gasteiger partial charge in [-0.1, -0.05) is 0 Å². The molecule has 0 atom stereocenters. The largest absolute Gasteiger partial charge is 0.411 e. The molecule has 1 aromatic heterocycles. The molecule has 0 aromatic carbocycles. The third-order valence-electron chi connectivity index (χ3n) is 2.05. The second-order valence-corrected chi connectivity index (χ2v) is 5.50. The van der Waals surface area contributed by atoms with Gasteiger partial charge in [0.1, 0.15) is 11.5 Å². The molecule has 0 saturated carbocycles. The minimum atomic E-state index is -4.44. The van der Waals surface area contributed by atoms with Crippen LogP contribution in [0.5, 0.6) is 0 Å². The minimum absolute atomic E-state index is 0.137. The predicted octanol–water partition coefficient (Wildman–Crippen LogP) is -0.267. The smallest absolute Gasteiger partial charge is 0.394 e. The van der Waals surface area contributed by atoms with Crippen molar-refractivity contribution in [2.24, 2.45) is 0 Å². The Labute approximate surface area is 113 Å². The number of hydrogen-bond donors (Lipinski definition) is 2. The first-order chi connectivity index (χ1) is 9.24. The molecule has 0 amide bonds. The lowest BCUT2D eigenvalue weighted by Gasteiger charge is -2.08. The van der Waals surface area contributed by atoms with Gasteiger partial charge >= 0.3 is 6.18 Å². The lowest BCUT2D eigenvalue weighted by atomic mass is 10.7. The van der Waals surface area contributed by atoms with Crippen molar-refractivity contribution >= 4 is 10.0 Å². The van der Waals surface area contributed by atoms with Crippen LogP contribution >= 0.6 is 0 Å². The highest BCUT2D eigenvalue weighted by Gasteiger charge is 2.27. The summed E-state index contributed by atoms with van der Waals surface area (Å²) in [5, 5.41) is 12.4. The molecular formula is C9H14F3N3O4S. The summed E-state index contributed by atoms with van der Waals surface area (Å²) < 4.78 is 66.3. The third kappa shape index (κ3) is 5.86. The van der Waals surface area contributed by atoms with Crippen LogP contribution in [-0.2, 0) is 21.3 Å². The predicted molar refractivity (Wildman–Crippen MR) is 61.4 cm³/mol. The number of sulfonamides is 1. The van der Waals surface area contributed by atoms with Crippen LogP contribution in [0.3, 0.4) is 0 Å². The molecule has 20 heavy (non-hydrogen) atoms. The number of rotatable bonds is 8. The van der Waals surface area contributed by atoms with Crippen LogP contribution in [0.25, 0.3) is 0 Å². The fraction of sp³-hybridized carbons (Fsp3) is 0.667. The number of nitrogens with zero attached hydrogens (tertiary/aromatic N) is 2. The first-order valence-electron chi connectivity index (χ1n) is 5.52. The topological polar surface area (TPSA) is 93.5 Å². The SMILES string of the molecule is O=S(=O)(NCCOCC(F)(F)F)c1cnn(CCO)c1. The zero-order chi connectivity index (χ0) is 15.2. The maximum atomic E-state index is 11.8. The Morgan fingerprint density at radius 1 is 1.45 bits per heavy atom. The Morgan fingerprint density at radius 2 is 2.15 bits per heavy atom. The van der Waals surface area contributed by atoms with Gasteiger partial charge < -0.3 is 9.84 Å². The number of aliphatic hydroxyl groups excluding tert-OH is 1. The third-order valence-corrected chi connectivity index (χ3v) is 3.47. The number of aromatic nitrogens is 2. The van der Waals surface area contributed by atoms with Crippen molar-refractivity contribution in [3.8, 4) is 0 Å². The fourth-order valence-electron chi connectivity index (χ4n) is 1.23. The molecule has 1 heterocycles. The van der Waals surface area contributed by atoms with Crippen LogP contribution in [-0.4, -0.2) is 55.8 Å². The molecular weight excluding hydrogens is 303 g/mol. The maximum Gasteiger partial charge on any atom is 0.411 e. The van der Waals surface area contributed by atoms with Gasteiger partial charge in [-0.15, -0.1) is 0 Å². The Hall–Kier alpha value is -1.17. The monoisotopic (exact) mass is 317 g/mol. The summed E-state index contributed by atoms with van der Waals surface area (Å²) >= 11 is 0. The van der Waals surface area contributed by atoms with Gasteiger partial charge in [0.05, 0.1) is 26.0 Å². The summed E-state index contributed by atoms with van der Waals surface area (Å²) in [6.07, 6.45) is -2.16. The maximum absolute atomic E-state index is 11.8. The van der Waals surface area contributed by atoms with E-state index in [-0.39, 0.29) is 24.6 Å². The van der Waals surface area contributed by atoms with E-state index in [1.54, 1.807) is 0 Å². The normalized spacial score (nSPS) is 12.8. The number of aliphatic hydroxyl groups is 1. The van der Waals surface area contributed by atoms with Gasteiger partial charge in [-0.2, -0.15) is 18.3 Å². The van der Waals surface area contributed by atoms with Crippen LogP contribution in [0, 0.1) is 0 Å². The van der Waals surface area contributed by atoms with E-state index < -0.39 is 29.4 Å². The van der Waals surface area contributed by atoms with E-state index in [4.69, 9.17) is 5.11 Å². The standard InChI is InChI=1S/C9H14F3N3O4S/c10-9(11,12)7-19-4-1-14-20(17,18)8-5-13-15(6-8)2-3-16/h5-6,14,16H,1-4,7H2. The molecule has 1 aromatic rings. The zero-order valence-electron chi connectivity index (χ0n) is 10.3. The molecule has 0 aliphatic carbocycles. The van der Waals surface area contributed by atoms with Crippen molar-refractivity contribution in [3.63, 3.8) is 0 Å². The number of hydrogen-bond acceptors (Lipinski definition) is 5. The Morgan fingerprint density at radius 3 is 2.75 bits per heavy atom.